The molecule has 1 heterocycles. The van der Waals surface area contributed by atoms with Crippen molar-refractivity contribution in [1.29, 1.82) is 0 Å². The van der Waals surface area contributed by atoms with Gasteiger partial charge in [0.25, 0.3) is 5.69 Å². The molecule has 2 aromatic rings. The fraction of sp³-hybridized carbons (Fsp3) is 0.316. The van der Waals surface area contributed by atoms with E-state index in [1.807, 2.05) is 31.2 Å². The normalized spacial score (nSPS) is 17.0. The molecule has 1 aliphatic rings. The minimum absolute atomic E-state index is 0.00443. The second-order valence-electron chi connectivity index (χ2n) is 6.51. The molecule has 1 saturated heterocycles. The number of carbonyl (C=O) groups excluding carboxylic acids is 1. The molecule has 6 heteroatoms. The number of nitro groups is 1. The quantitative estimate of drug-likeness (QED) is 0.669. The van der Waals surface area contributed by atoms with Gasteiger partial charge in [-0.15, -0.1) is 0 Å². The largest absolute Gasteiger partial charge is 0.368 e. The van der Waals surface area contributed by atoms with Crippen LogP contribution in [0.5, 0.6) is 0 Å². The topological polar surface area (TPSA) is 75.5 Å². The van der Waals surface area contributed by atoms with Gasteiger partial charge in [-0.1, -0.05) is 35.9 Å². The number of nitrogens with one attached hydrogen (secondary N) is 1. The van der Waals surface area contributed by atoms with Crippen LogP contribution in [0.4, 0.5) is 11.4 Å². The van der Waals surface area contributed by atoms with Crippen LogP contribution in [-0.4, -0.2) is 28.3 Å². The molecule has 130 valence electrons. The highest BCUT2D eigenvalue weighted by molar-refractivity contribution is 5.87. The summed E-state index contributed by atoms with van der Waals surface area (Å²) in [4.78, 5) is 25.2. The molecule has 1 N–H and O–H groups in total. The van der Waals surface area contributed by atoms with Crippen molar-refractivity contribution in [2.45, 2.75) is 32.9 Å². The Balaban J connectivity index is 1.70. The molecule has 1 aliphatic heterocycles. The van der Waals surface area contributed by atoms with E-state index in [9.17, 15) is 14.9 Å². The number of benzene rings is 2. The first-order valence-electron chi connectivity index (χ1n) is 8.30. The number of nitrogens with zero attached hydrogens (tertiary/aromatic N) is 2. The molecule has 1 fully saturated rings. The Morgan fingerprint density at radius 2 is 1.84 bits per heavy atom. The molecule has 0 radical (unpaired) electrons. The van der Waals surface area contributed by atoms with Crippen LogP contribution in [0.1, 0.15) is 23.1 Å². The fourth-order valence-electron chi connectivity index (χ4n) is 3.05. The van der Waals surface area contributed by atoms with Crippen LogP contribution in [0, 0.1) is 24.0 Å². The summed E-state index contributed by atoms with van der Waals surface area (Å²) >= 11 is 0. The zero-order valence-electron chi connectivity index (χ0n) is 14.4. The SMILES string of the molecule is Cc1ccc(CN2CCC(Nc3ccc(C)cc3[N+](=O)[O-])C2=O)cc1. The van der Waals surface area contributed by atoms with E-state index in [4.69, 9.17) is 0 Å². The zero-order chi connectivity index (χ0) is 18.0. The number of carbonyl (C=O) groups is 1. The molecule has 1 atom stereocenters. The van der Waals surface area contributed by atoms with Crippen molar-refractivity contribution in [2.24, 2.45) is 0 Å². The lowest BCUT2D eigenvalue weighted by atomic mass is 10.1. The van der Waals surface area contributed by atoms with Gasteiger partial charge >= 0.3 is 0 Å². The Morgan fingerprint density at radius 1 is 1.16 bits per heavy atom. The number of amides is 1. The molecule has 25 heavy (non-hydrogen) atoms. The average molecular weight is 339 g/mol. The number of hydrogen-bond acceptors (Lipinski definition) is 4. The second kappa shape index (κ2) is 6.93. The van der Waals surface area contributed by atoms with Gasteiger partial charge in [-0.3, -0.25) is 14.9 Å². The smallest absolute Gasteiger partial charge is 0.292 e. The van der Waals surface area contributed by atoms with Gasteiger partial charge in [0, 0.05) is 19.2 Å². The molecule has 1 amide bonds. The Morgan fingerprint density at radius 3 is 2.52 bits per heavy atom. The zero-order valence-corrected chi connectivity index (χ0v) is 14.4. The van der Waals surface area contributed by atoms with Crippen LogP contribution < -0.4 is 5.32 Å². The summed E-state index contributed by atoms with van der Waals surface area (Å²) in [5.74, 6) is -0.0181. The summed E-state index contributed by atoms with van der Waals surface area (Å²) < 4.78 is 0. The molecule has 0 aliphatic carbocycles. The van der Waals surface area contributed by atoms with Crippen LogP contribution >= 0.6 is 0 Å². The van der Waals surface area contributed by atoms with Crippen LogP contribution in [0.15, 0.2) is 42.5 Å². The van der Waals surface area contributed by atoms with Crippen molar-refractivity contribution in [1.82, 2.24) is 4.90 Å². The van der Waals surface area contributed by atoms with E-state index in [2.05, 4.69) is 5.32 Å². The Labute approximate surface area is 146 Å². The van der Waals surface area contributed by atoms with Gasteiger partial charge in [-0.05, 0) is 37.5 Å². The van der Waals surface area contributed by atoms with Crippen molar-refractivity contribution < 1.29 is 9.72 Å². The summed E-state index contributed by atoms with van der Waals surface area (Å²) in [6, 6.07) is 12.7. The minimum atomic E-state index is -0.424. The predicted molar refractivity (Wildman–Crippen MR) is 96.5 cm³/mol. The van der Waals surface area contributed by atoms with Crippen molar-refractivity contribution in [2.75, 3.05) is 11.9 Å². The summed E-state index contributed by atoms with van der Waals surface area (Å²) in [6.45, 7) is 5.04. The lowest BCUT2D eigenvalue weighted by Gasteiger charge is -2.18. The maximum atomic E-state index is 12.6. The highest BCUT2D eigenvalue weighted by Gasteiger charge is 2.32. The van der Waals surface area contributed by atoms with Crippen LogP contribution in [0.3, 0.4) is 0 Å². The van der Waals surface area contributed by atoms with E-state index in [-0.39, 0.29) is 11.6 Å². The predicted octanol–water partition coefficient (Wildman–Crippen LogP) is 3.42. The minimum Gasteiger partial charge on any atom is -0.368 e. The third-order valence-electron chi connectivity index (χ3n) is 4.47. The van der Waals surface area contributed by atoms with E-state index in [0.717, 1.165) is 11.1 Å². The van der Waals surface area contributed by atoms with Crippen LogP contribution in [0.2, 0.25) is 0 Å². The molecular weight excluding hydrogens is 318 g/mol. The Hall–Kier alpha value is -2.89. The van der Waals surface area contributed by atoms with Crippen molar-refractivity contribution in [3.05, 3.63) is 69.3 Å². The summed E-state index contributed by atoms with van der Waals surface area (Å²) in [6.07, 6.45) is 0.635. The van der Waals surface area contributed by atoms with Crippen molar-refractivity contribution in [3.63, 3.8) is 0 Å². The number of likely N-dealkylation sites (tertiary alicyclic amines) is 1. The van der Waals surface area contributed by atoms with Crippen LogP contribution in [0.25, 0.3) is 0 Å². The summed E-state index contributed by atoms with van der Waals surface area (Å²) in [7, 11) is 0. The number of hydrogen-bond donors (Lipinski definition) is 1. The second-order valence-corrected chi connectivity index (χ2v) is 6.51. The summed E-state index contributed by atoms with van der Waals surface area (Å²) in [5, 5.41) is 14.3. The highest BCUT2D eigenvalue weighted by Crippen LogP contribution is 2.28. The standard InChI is InChI=1S/C19H21N3O3/c1-13-3-6-15(7-4-13)12-21-10-9-17(19(21)23)20-16-8-5-14(2)11-18(16)22(24)25/h3-8,11,17,20H,9-10,12H2,1-2H3. The van der Waals surface area contributed by atoms with E-state index in [0.29, 0.717) is 25.2 Å². The molecule has 0 bridgehead atoms. The average Bonchev–Trinajstić information content (AvgIpc) is 2.91. The fourth-order valence-corrected chi connectivity index (χ4v) is 3.05. The van der Waals surface area contributed by atoms with Crippen molar-refractivity contribution in [3.8, 4) is 0 Å². The number of rotatable bonds is 5. The number of anilines is 1. The Bertz CT molecular complexity index is 802. The van der Waals surface area contributed by atoms with E-state index in [1.165, 1.54) is 11.6 Å². The first-order valence-corrected chi connectivity index (χ1v) is 8.30. The molecule has 0 aromatic heterocycles. The lowest BCUT2D eigenvalue weighted by Crippen LogP contribution is -2.33. The molecule has 6 nitrogen and oxygen atoms in total. The first-order chi connectivity index (χ1) is 11.9. The van der Waals surface area contributed by atoms with E-state index in [1.54, 1.807) is 24.0 Å². The number of aryl methyl sites for hydroxylation is 2. The monoisotopic (exact) mass is 339 g/mol. The Kier molecular flexibility index (Phi) is 4.70. The molecule has 0 saturated carbocycles. The molecular formula is C19H21N3O3. The van der Waals surface area contributed by atoms with Crippen LogP contribution in [-0.2, 0) is 11.3 Å². The molecule has 2 aromatic carbocycles. The van der Waals surface area contributed by atoms with Gasteiger partial charge in [0.1, 0.15) is 11.7 Å². The molecule has 0 spiro atoms. The van der Waals surface area contributed by atoms with Gasteiger partial charge in [0.15, 0.2) is 0 Å². The maximum Gasteiger partial charge on any atom is 0.292 e. The highest BCUT2D eigenvalue weighted by atomic mass is 16.6. The third kappa shape index (κ3) is 3.79. The maximum absolute atomic E-state index is 12.6. The van der Waals surface area contributed by atoms with Gasteiger partial charge in [0.05, 0.1) is 4.92 Å². The van der Waals surface area contributed by atoms with Gasteiger partial charge in [-0.2, -0.15) is 0 Å². The third-order valence-corrected chi connectivity index (χ3v) is 4.47. The van der Waals surface area contributed by atoms with Gasteiger partial charge < -0.3 is 10.2 Å². The lowest BCUT2D eigenvalue weighted by molar-refractivity contribution is -0.384. The van der Waals surface area contributed by atoms with Crippen molar-refractivity contribution >= 4 is 17.3 Å². The van der Waals surface area contributed by atoms with E-state index < -0.39 is 11.0 Å². The molecule has 3 rings (SSSR count). The summed E-state index contributed by atoms with van der Waals surface area (Å²) in [5.41, 5.74) is 3.48. The van der Waals surface area contributed by atoms with Gasteiger partial charge in [-0.25, -0.2) is 0 Å². The molecule has 1 unspecified atom stereocenters. The number of nitro benzene ring substituents is 1. The first kappa shape index (κ1) is 17.0. The van der Waals surface area contributed by atoms with E-state index >= 15 is 0 Å². The van der Waals surface area contributed by atoms with Gasteiger partial charge in [0.2, 0.25) is 5.91 Å².